The Morgan fingerprint density at radius 3 is 2.00 bits per heavy atom. The third-order valence-electron chi connectivity index (χ3n) is 2.03. The standard InChI is InChI=1S/C8H17BrF2N2O2S/c1-3-12(4-2)16(14,15)13(6-5-9)7-8(10)11/h8H,3-7H2,1-2H3. The smallest absolute Gasteiger partial charge is 0.209 e. The molecule has 0 aliphatic carbocycles. The summed E-state index contributed by atoms with van der Waals surface area (Å²) in [7, 11) is -3.76. The molecule has 0 heterocycles. The summed E-state index contributed by atoms with van der Waals surface area (Å²) in [6.07, 6.45) is -2.66. The Morgan fingerprint density at radius 1 is 1.19 bits per heavy atom. The Bertz CT molecular complexity index is 284. The highest BCUT2D eigenvalue weighted by Gasteiger charge is 2.29. The molecule has 0 aromatic carbocycles. The van der Waals surface area contributed by atoms with E-state index in [1.54, 1.807) is 13.8 Å². The average Bonchev–Trinajstić information content (AvgIpc) is 2.18. The van der Waals surface area contributed by atoms with E-state index in [9.17, 15) is 17.2 Å². The van der Waals surface area contributed by atoms with Crippen molar-refractivity contribution in [2.24, 2.45) is 0 Å². The highest BCUT2D eigenvalue weighted by molar-refractivity contribution is 9.09. The lowest BCUT2D eigenvalue weighted by atomic mass is 10.6. The first-order chi connectivity index (χ1) is 7.39. The van der Waals surface area contributed by atoms with Crippen LogP contribution in [0.25, 0.3) is 0 Å². The highest BCUT2D eigenvalue weighted by Crippen LogP contribution is 2.11. The minimum atomic E-state index is -3.76. The zero-order valence-electron chi connectivity index (χ0n) is 9.37. The van der Waals surface area contributed by atoms with E-state index in [4.69, 9.17) is 0 Å². The second kappa shape index (κ2) is 7.52. The molecular weight excluding hydrogens is 306 g/mol. The van der Waals surface area contributed by atoms with Crippen molar-refractivity contribution in [2.75, 3.05) is 31.5 Å². The predicted octanol–water partition coefficient (Wildman–Crippen LogP) is 1.54. The molecule has 16 heavy (non-hydrogen) atoms. The largest absolute Gasteiger partial charge is 0.282 e. The summed E-state index contributed by atoms with van der Waals surface area (Å²) in [5.74, 6) is 0. The van der Waals surface area contributed by atoms with Crippen LogP contribution in [0.3, 0.4) is 0 Å². The van der Waals surface area contributed by atoms with E-state index < -0.39 is 23.2 Å². The maximum Gasteiger partial charge on any atom is 0.282 e. The van der Waals surface area contributed by atoms with Crippen molar-refractivity contribution in [3.05, 3.63) is 0 Å². The average molecular weight is 323 g/mol. The van der Waals surface area contributed by atoms with E-state index in [0.717, 1.165) is 8.61 Å². The van der Waals surface area contributed by atoms with Gasteiger partial charge in [-0.25, -0.2) is 8.78 Å². The summed E-state index contributed by atoms with van der Waals surface area (Å²) in [6, 6.07) is 0. The van der Waals surface area contributed by atoms with Gasteiger partial charge in [-0.15, -0.1) is 0 Å². The molecule has 0 aliphatic rings. The third kappa shape index (κ3) is 4.60. The van der Waals surface area contributed by atoms with Gasteiger partial charge in [-0.05, 0) is 0 Å². The number of hydrogen-bond donors (Lipinski definition) is 0. The van der Waals surface area contributed by atoms with Crippen LogP contribution < -0.4 is 0 Å². The number of alkyl halides is 3. The molecule has 98 valence electrons. The number of rotatable bonds is 8. The fraction of sp³-hybridized carbons (Fsp3) is 1.00. The summed E-state index contributed by atoms with van der Waals surface area (Å²) in [4.78, 5) is 0. The lowest BCUT2D eigenvalue weighted by molar-refractivity contribution is 0.119. The van der Waals surface area contributed by atoms with Crippen molar-refractivity contribution >= 4 is 26.1 Å². The quantitative estimate of drug-likeness (QED) is 0.636. The second-order valence-corrected chi connectivity index (χ2v) is 5.75. The number of halogens is 3. The van der Waals surface area contributed by atoms with Gasteiger partial charge >= 0.3 is 0 Å². The van der Waals surface area contributed by atoms with Gasteiger partial charge in [-0.2, -0.15) is 17.0 Å². The highest BCUT2D eigenvalue weighted by atomic mass is 79.9. The van der Waals surface area contributed by atoms with E-state index >= 15 is 0 Å². The molecule has 8 heteroatoms. The Balaban J connectivity index is 4.87. The van der Waals surface area contributed by atoms with Crippen molar-refractivity contribution in [1.82, 2.24) is 8.61 Å². The molecule has 0 fully saturated rings. The monoisotopic (exact) mass is 322 g/mol. The Morgan fingerprint density at radius 2 is 1.69 bits per heavy atom. The number of nitrogens with zero attached hydrogens (tertiary/aromatic N) is 2. The van der Waals surface area contributed by atoms with Gasteiger partial charge in [-0.1, -0.05) is 29.8 Å². The van der Waals surface area contributed by atoms with E-state index in [-0.39, 0.29) is 19.6 Å². The molecule has 0 rings (SSSR count). The molecule has 0 saturated heterocycles. The molecule has 0 amide bonds. The maximum atomic E-state index is 12.3. The topological polar surface area (TPSA) is 40.6 Å². The van der Waals surface area contributed by atoms with Crippen LogP contribution in [0.2, 0.25) is 0 Å². The van der Waals surface area contributed by atoms with Crippen LogP contribution in [0.5, 0.6) is 0 Å². The van der Waals surface area contributed by atoms with Crippen LogP contribution in [0.15, 0.2) is 0 Å². The predicted molar refractivity (Wildman–Crippen MR) is 63.2 cm³/mol. The molecule has 0 atom stereocenters. The van der Waals surface area contributed by atoms with Crippen LogP contribution in [-0.4, -0.2) is 55.0 Å². The van der Waals surface area contributed by atoms with Crippen LogP contribution in [0.1, 0.15) is 13.8 Å². The molecule has 4 nitrogen and oxygen atoms in total. The third-order valence-corrected chi connectivity index (χ3v) is 4.54. The molecule has 0 radical (unpaired) electrons. The van der Waals surface area contributed by atoms with Gasteiger partial charge in [0.25, 0.3) is 16.6 Å². The van der Waals surface area contributed by atoms with Crippen molar-refractivity contribution in [1.29, 1.82) is 0 Å². The molecule has 0 N–H and O–H groups in total. The first-order valence-electron chi connectivity index (χ1n) is 4.99. The van der Waals surface area contributed by atoms with Gasteiger partial charge in [0.1, 0.15) is 0 Å². The summed E-state index contributed by atoms with van der Waals surface area (Å²) < 4.78 is 50.3. The first-order valence-corrected chi connectivity index (χ1v) is 7.51. The summed E-state index contributed by atoms with van der Waals surface area (Å²) in [6.45, 7) is 3.20. The fourth-order valence-electron chi connectivity index (χ4n) is 1.26. The first kappa shape index (κ1) is 16.2. The molecule has 0 aromatic rings. The van der Waals surface area contributed by atoms with Gasteiger partial charge in [0.05, 0.1) is 6.54 Å². The fourth-order valence-corrected chi connectivity index (χ4v) is 3.53. The van der Waals surface area contributed by atoms with Crippen molar-refractivity contribution in [2.45, 2.75) is 20.3 Å². The van der Waals surface area contributed by atoms with Crippen molar-refractivity contribution in [3.63, 3.8) is 0 Å². The van der Waals surface area contributed by atoms with E-state index in [1.807, 2.05) is 0 Å². The molecule has 0 aromatic heterocycles. The van der Waals surface area contributed by atoms with Crippen molar-refractivity contribution in [3.8, 4) is 0 Å². The molecule has 0 unspecified atom stereocenters. The van der Waals surface area contributed by atoms with Gasteiger partial charge in [-0.3, -0.25) is 0 Å². The van der Waals surface area contributed by atoms with Crippen LogP contribution in [0.4, 0.5) is 8.78 Å². The van der Waals surface area contributed by atoms with Crippen molar-refractivity contribution < 1.29 is 17.2 Å². The molecular formula is C8H17BrF2N2O2S. The Kier molecular flexibility index (Phi) is 7.62. The molecule has 0 saturated carbocycles. The summed E-state index contributed by atoms with van der Waals surface area (Å²) in [5, 5.41) is 0.334. The Labute approximate surface area is 104 Å². The van der Waals surface area contributed by atoms with Gasteiger partial charge in [0.2, 0.25) is 0 Å². The van der Waals surface area contributed by atoms with E-state index in [0.29, 0.717) is 5.33 Å². The maximum absolute atomic E-state index is 12.3. The zero-order chi connectivity index (χ0) is 12.8. The van der Waals surface area contributed by atoms with Gasteiger partial charge in [0, 0.05) is 25.0 Å². The number of hydrogen-bond acceptors (Lipinski definition) is 2. The molecule has 0 aliphatic heterocycles. The van der Waals surface area contributed by atoms with Gasteiger partial charge in [0.15, 0.2) is 0 Å². The lowest BCUT2D eigenvalue weighted by Crippen LogP contribution is -2.46. The molecule has 0 spiro atoms. The Hall–Kier alpha value is 0.210. The van der Waals surface area contributed by atoms with Gasteiger partial charge < -0.3 is 0 Å². The zero-order valence-corrected chi connectivity index (χ0v) is 11.8. The SMILES string of the molecule is CCN(CC)S(=O)(=O)N(CCBr)CC(F)F. The van der Waals surface area contributed by atoms with Crippen LogP contribution >= 0.6 is 15.9 Å². The minimum absolute atomic E-state index is 0.0448. The minimum Gasteiger partial charge on any atom is -0.209 e. The van der Waals surface area contributed by atoms with E-state index in [1.165, 1.54) is 0 Å². The lowest BCUT2D eigenvalue weighted by Gasteiger charge is -2.27. The second-order valence-electron chi connectivity index (χ2n) is 3.03. The van der Waals surface area contributed by atoms with E-state index in [2.05, 4.69) is 15.9 Å². The molecule has 0 bridgehead atoms. The summed E-state index contributed by atoms with van der Waals surface area (Å²) >= 11 is 3.06. The van der Waals surface area contributed by atoms with Crippen LogP contribution in [-0.2, 0) is 10.2 Å². The normalized spacial score (nSPS) is 13.0. The summed E-state index contributed by atoms with van der Waals surface area (Å²) in [5.41, 5.74) is 0. The van der Waals surface area contributed by atoms with Crippen LogP contribution in [0, 0.1) is 0 Å².